The highest BCUT2D eigenvalue weighted by atomic mass is 32.2. The van der Waals surface area contributed by atoms with Crippen molar-refractivity contribution in [1.29, 1.82) is 0 Å². The molecule has 0 aliphatic heterocycles. The fraction of sp³-hybridized carbons (Fsp3) is 0.625. The van der Waals surface area contributed by atoms with E-state index in [0.717, 1.165) is 0 Å². The first-order valence-corrected chi connectivity index (χ1v) is 6.42. The van der Waals surface area contributed by atoms with Gasteiger partial charge in [0.05, 0.1) is 0 Å². The second kappa shape index (κ2) is 5.59. The summed E-state index contributed by atoms with van der Waals surface area (Å²) >= 11 is 0. The quantitative estimate of drug-likeness (QED) is 0.727. The van der Waals surface area contributed by atoms with Crippen molar-refractivity contribution in [3.8, 4) is 0 Å². The van der Waals surface area contributed by atoms with E-state index in [-0.39, 0.29) is 17.6 Å². The average molecular weight is 246 g/mol. The molecule has 0 aliphatic rings. The summed E-state index contributed by atoms with van der Waals surface area (Å²) in [6, 6.07) is -0.104. The molecular weight excluding hydrogens is 232 g/mol. The van der Waals surface area contributed by atoms with Crippen molar-refractivity contribution in [2.24, 2.45) is 0 Å². The number of anilines is 1. The molecule has 8 heteroatoms. The first-order chi connectivity index (χ1) is 7.50. The smallest absolute Gasteiger partial charge is 0.277 e. The van der Waals surface area contributed by atoms with Gasteiger partial charge in [-0.3, -0.25) is 9.00 Å². The molecule has 0 saturated heterocycles. The fourth-order valence-corrected chi connectivity index (χ4v) is 1.75. The molecule has 2 unspecified atom stereocenters. The maximum Gasteiger partial charge on any atom is 0.277 e. The molecule has 1 rings (SSSR count). The molecule has 7 nitrogen and oxygen atoms in total. The molecule has 0 fully saturated rings. The van der Waals surface area contributed by atoms with Crippen LogP contribution in [-0.4, -0.2) is 38.5 Å². The fourth-order valence-electron chi connectivity index (χ4n) is 1.06. The van der Waals surface area contributed by atoms with E-state index in [0.29, 0.717) is 12.2 Å². The molecular formula is C8H14N4O3S. The van der Waals surface area contributed by atoms with E-state index in [9.17, 15) is 9.00 Å². The van der Waals surface area contributed by atoms with Gasteiger partial charge in [0.25, 0.3) is 5.91 Å². The summed E-state index contributed by atoms with van der Waals surface area (Å²) in [6.45, 7) is 1.81. The molecule has 90 valence electrons. The first kappa shape index (κ1) is 12.6. The predicted molar refractivity (Wildman–Crippen MR) is 59.2 cm³/mol. The first-order valence-electron chi connectivity index (χ1n) is 4.69. The second-order valence-corrected chi connectivity index (χ2v) is 4.99. The van der Waals surface area contributed by atoms with Gasteiger partial charge in [-0.15, -0.1) is 0 Å². The Morgan fingerprint density at radius 1 is 1.62 bits per heavy atom. The second-order valence-electron chi connectivity index (χ2n) is 3.44. The number of nitrogens with two attached hydrogens (primary N) is 1. The summed E-state index contributed by atoms with van der Waals surface area (Å²) in [6.07, 6.45) is 2.24. The Kier molecular flexibility index (Phi) is 4.41. The van der Waals surface area contributed by atoms with E-state index in [1.807, 2.05) is 6.92 Å². The van der Waals surface area contributed by atoms with E-state index in [2.05, 4.69) is 20.3 Å². The minimum absolute atomic E-state index is 0.0236. The van der Waals surface area contributed by atoms with Gasteiger partial charge in [0.2, 0.25) is 11.5 Å². The van der Waals surface area contributed by atoms with Gasteiger partial charge in [0.15, 0.2) is 0 Å². The minimum Gasteiger partial charge on any atom is -0.379 e. The SMILES string of the molecule is CC(CCS(C)=O)NC(=O)c1nonc1N. The Balaban J connectivity index is 2.46. The van der Waals surface area contributed by atoms with Crippen LogP contribution in [0.3, 0.4) is 0 Å². The number of nitrogens with zero attached hydrogens (tertiary/aromatic N) is 2. The van der Waals surface area contributed by atoms with Crippen LogP contribution in [0.2, 0.25) is 0 Å². The van der Waals surface area contributed by atoms with Crippen LogP contribution in [0.4, 0.5) is 5.82 Å². The van der Waals surface area contributed by atoms with Crippen LogP contribution in [0.1, 0.15) is 23.8 Å². The number of amides is 1. The molecule has 3 N–H and O–H groups in total. The van der Waals surface area contributed by atoms with Crippen molar-refractivity contribution >= 4 is 22.5 Å². The third-order valence-electron chi connectivity index (χ3n) is 1.94. The Morgan fingerprint density at radius 3 is 2.81 bits per heavy atom. The zero-order valence-corrected chi connectivity index (χ0v) is 9.91. The third-order valence-corrected chi connectivity index (χ3v) is 2.76. The Bertz CT molecular complexity index is 392. The predicted octanol–water partition coefficient (Wildman–Crippen LogP) is -0.461. The van der Waals surface area contributed by atoms with Crippen molar-refractivity contribution in [2.45, 2.75) is 19.4 Å². The van der Waals surface area contributed by atoms with Crippen LogP contribution in [-0.2, 0) is 10.8 Å². The number of rotatable bonds is 5. The minimum atomic E-state index is -0.865. The Labute approximate surface area is 95.2 Å². The lowest BCUT2D eigenvalue weighted by Crippen LogP contribution is -2.34. The van der Waals surface area contributed by atoms with Crippen molar-refractivity contribution in [1.82, 2.24) is 15.6 Å². The van der Waals surface area contributed by atoms with E-state index in [4.69, 9.17) is 5.73 Å². The van der Waals surface area contributed by atoms with Crippen LogP contribution in [0.15, 0.2) is 4.63 Å². The molecule has 1 amide bonds. The summed E-state index contributed by atoms with van der Waals surface area (Å²) in [5, 5.41) is 9.34. The van der Waals surface area contributed by atoms with Crippen LogP contribution in [0, 0.1) is 0 Å². The number of hydrogen-bond acceptors (Lipinski definition) is 6. The summed E-state index contributed by atoms with van der Waals surface area (Å²) in [5.41, 5.74) is 5.34. The van der Waals surface area contributed by atoms with E-state index in [1.165, 1.54) is 0 Å². The van der Waals surface area contributed by atoms with Crippen LogP contribution in [0.5, 0.6) is 0 Å². The molecule has 0 aromatic carbocycles. The molecule has 16 heavy (non-hydrogen) atoms. The summed E-state index contributed by atoms with van der Waals surface area (Å²) < 4.78 is 15.2. The molecule has 1 heterocycles. The lowest BCUT2D eigenvalue weighted by atomic mass is 10.2. The van der Waals surface area contributed by atoms with E-state index < -0.39 is 16.7 Å². The van der Waals surface area contributed by atoms with Crippen LogP contribution >= 0.6 is 0 Å². The Hall–Kier alpha value is -1.44. The van der Waals surface area contributed by atoms with E-state index in [1.54, 1.807) is 6.26 Å². The van der Waals surface area contributed by atoms with Gasteiger partial charge >= 0.3 is 0 Å². The van der Waals surface area contributed by atoms with Gasteiger partial charge in [-0.1, -0.05) is 0 Å². The molecule has 0 radical (unpaired) electrons. The normalized spacial score (nSPS) is 14.4. The molecule has 1 aromatic heterocycles. The van der Waals surface area contributed by atoms with Crippen molar-refractivity contribution in [3.05, 3.63) is 5.69 Å². The topological polar surface area (TPSA) is 111 Å². The number of carbonyl (C=O) groups is 1. The zero-order chi connectivity index (χ0) is 12.1. The highest BCUT2D eigenvalue weighted by Crippen LogP contribution is 2.04. The van der Waals surface area contributed by atoms with Crippen LogP contribution < -0.4 is 11.1 Å². The number of nitrogen functional groups attached to an aromatic ring is 1. The monoisotopic (exact) mass is 246 g/mol. The van der Waals surface area contributed by atoms with Gasteiger partial charge in [-0.05, 0) is 23.7 Å². The maximum atomic E-state index is 11.6. The van der Waals surface area contributed by atoms with Crippen molar-refractivity contribution in [2.75, 3.05) is 17.7 Å². The summed E-state index contributed by atoms with van der Waals surface area (Å²) in [4.78, 5) is 11.6. The standard InChI is InChI=1S/C8H14N4O3S/c1-5(3-4-16(2)14)10-8(13)6-7(9)12-15-11-6/h5H,3-4H2,1-2H3,(H2,9,12)(H,10,13). The van der Waals surface area contributed by atoms with E-state index >= 15 is 0 Å². The molecule has 1 aromatic rings. The largest absolute Gasteiger partial charge is 0.379 e. The number of aromatic nitrogens is 2. The number of nitrogens with one attached hydrogen (secondary N) is 1. The van der Waals surface area contributed by atoms with Crippen molar-refractivity contribution in [3.63, 3.8) is 0 Å². The lowest BCUT2D eigenvalue weighted by molar-refractivity contribution is 0.0930. The summed E-state index contributed by atoms with van der Waals surface area (Å²) in [7, 11) is -0.865. The number of hydrogen-bond donors (Lipinski definition) is 2. The Morgan fingerprint density at radius 2 is 2.31 bits per heavy atom. The summed E-state index contributed by atoms with van der Waals surface area (Å²) in [5.74, 6) is 0.0606. The van der Waals surface area contributed by atoms with Crippen molar-refractivity contribution < 1.29 is 13.6 Å². The van der Waals surface area contributed by atoms with Crippen LogP contribution in [0.25, 0.3) is 0 Å². The van der Waals surface area contributed by atoms with Gasteiger partial charge in [-0.2, -0.15) is 0 Å². The van der Waals surface area contributed by atoms with Gasteiger partial charge in [0.1, 0.15) is 0 Å². The highest BCUT2D eigenvalue weighted by molar-refractivity contribution is 7.84. The zero-order valence-electron chi connectivity index (χ0n) is 9.10. The van der Waals surface area contributed by atoms with Gasteiger partial charge in [0, 0.05) is 28.9 Å². The number of carbonyl (C=O) groups excluding carboxylic acids is 1. The third kappa shape index (κ3) is 3.61. The molecule has 0 bridgehead atoms. The molecule has 2 atom stereocenters. The lowest BCUT2D eigenvalue weighted by Gasteiger charge is -2.11. The molecule has 0 saturated carbocycles. The molecule has 0 aliphatic carbocycles. The van der Waals surface area contributed by atoms with Gasteiger partial charge in [-0.25, -0.2) is 4.63 Å². The highest BCUT2D eigenvalue weighted by Gasteiger charge is 2.17. The van der Waals surface area contributed by atoms with Gasteiger partial charge < -0.3 is 11.1 Å². The molecule has 0 spiro atoms. The average Bonchev–Trinajstić information content (AvgIpc) is 2.61. The maximum absolute atomic E-state index is 11.6.